The number of carbonyl (C=O) groups excluding carboxylic acids is 2. The molecular weight excluding hydrogens is 419 g/mol. The van der Waals surface area contributed by atoms with Crippen LogP contribution in [0.25, 0.3) is 0 Å². The fourth-order valence-electron chi connectivity index (χ4n) is 4.35. The van der Waals surface area contributed by atoms with Crippen molar-refractivity contribution in [1.82, 2.24) is 4.90 Å². The van der Waals surface area contributed by atoms with Crippen molar-refractivity contribution in [2.45, 2.75) is 77.7 Å². The smallest absolute Gasteiger partial charge is 0.252 e. The molecule has 2 amide bonds. The van der Waals surface area contributed by atoms with Gasteiger partial charge in [0.2, 0.25) is 5.91 Å². The molecule has 0 bridgehead atoms. The Morgan fingerprint density at radius 3 is 2.45 bits per heavy atom. The summed E-state index contributed by atoms with van der Waals surface area (Å²) in [6.45, 7) is 5.21. The van der Waals surface area contributed by atoms with Gasteiger partial charge >= 0.3 is 0 Å². The zero-order valence-electron chi connectivity index (χ0n) is 18.4. The largest absolute Gasteiger partial charge is 0.489 e. The molecule has 5 nitrogen and oxygen atoms in total. The first-order chi connectivity index (χ1) is 14.9. The number of nitrogens with one attached hydrogen (secondary N) is 1. The Morgan fingerprint density at radius 2 is 1.81 bits per heavy atom. The van der Waals surface area contributed by atoms with E-state index in [1.54, 1.807) is 4.90 Å². The third kappa shape index (κ3) is 5.79. The van der Waals surface area contributed by atoms with Crippen molar-refractivity contribution < 1.29 is 18.7 Å². The fraction of sp³-hybridized carbons (Fsp3) is 0.583. The van der Waals surface area contributed by atoms with Gasteiger partial charge in [-0.15, -0.1) is 0 Å². The summed E-state index contributed by atoms with van der Waals surface area (Å²) < 4.78 is 20.5. The molecule has 1 N–H and O–H groups in total. The second-order valence-corrected chi connectivity index (χ2v) is 8.70. The Hall–Kier alpha value is -2.08. The van der Waals surface area contributed by atoms with Gasteiger partial charge in [-0.2, -0.15) is 0 Å². The topological polar surface area (TPSA) is 58.6 Å². The average molecular weight is 451 g/mol. The van der Waals surface area contributed by atoms with Crippen molar-refractivity contribution in [3.63, 3.8) is 0 Å². The van der Waals surface area contributed by atoms with Crippen molar-refractivity contribution >= 4 is 29.1 Å². The number of anilines is 1. The van der Waals surface area contributed by atoms with E-state index in [4.69, 9.17) is 16.3 Å². The summed E-state index contributed by atoms with van der Waals surface area (Å²) >= 11 is 6.17. The van der Waals surface area contributed by atoms with E-state index in [-0.39, 0.29) is 22.7 Å². The Bertz CT molecular complexity index is 849. The molecule has 0 unspecified atom stereocenters. The predicted octanol–water partition coefficient (Wildman–Crippen LogP) is 5.87. The van der Waals surface area contributed by atoms with Gasteiger partial charge in [-0.25, -0.2) is 4.39 Å². The third-order valence-electron chi connectivity index (χ3n) is 6.03. The van der Waals surface area contributed by atoms with Crippen LogP contribution in [0.5, 0.6) is 5.75 Å². The number of rotatable bonds is 8. The van der Waals surface area contributed by atoms with Crippen LogP contribution in [0.1, 0.15) is 71.6 Å². The van der Waals surface area contributed by atoms with Crippen molar-refractivity contribution in [3.05, 3.63) is 34.1 Å². The maximum absolute atomic E-state index is 14.6. The average Bonchev–Trinajstić information content (AvgIpc) is 3.28. The Morgan fingerprint density at radius 1 is 1.13 bits per heavy atom. The van der Waals surface area contributed by atoms with E-state index in [0.29, 0.717) is 42.8 Å². The quantitative estimate of drug-likeness (QED) is 0.539. The Kier molecular flexibility index (Phi) is 8.35. The van der Waals surface area contributed by atoms with Gasteiger partial charge in [0.25, 0.3) is 5.91 Å². The fourth-order valence-corrected chi connectivity index (χ4v) is 4.55. The van der Waals surface area contributed by atoms with Gasteiger partial charge < -0.3 is 15.0 Å². The number of likely N-dealkylation sites (N-methyl/N-ethyl adjacent to an activating group) is 1. The second kappa shape index (κ2) is 11.0. The zero-order chi connectivity index (χ0) is 22.4. The zero-order valence-corrected chi connectivity index (χ0v) is 19.2. The number of hydrogen-bond donors (Lipinski definition) is 1. The van der Waals surface area contributed by atoms with E-state index in [1.807, 2.05) is 13.8 Å². The molecule has 170 valence electrons. The summed E-state index contributed by atoms with van der Waals surface area (Å²) in [5.74, 6) is -0.762. The summed E-state index contributed by atoms with van der Waals surface area (Å²) in [4.78, 5) is 27.9. The maximum atomic E-state index is 14.6. The van der Waals surface area contributed by atoms with Crippen molar-refractivity contribution in [2.75, 3.05) is 18.4 Å². The number of benzene rings is 1. The Balaban J connectivity index is 1.82. The Labute approximate surface area is 189 Å². The summed E-state index contributed by atoms with van der Waals surface area (Å²) in [5, 5.41) is 2.85. The molecule has 0 aliphatic heterocycles. The second-order valence-electron chi connectivity index (χ2n) is 8.29. The SMILES string of the molecule is CCCN(CC)C(=O)C1=C(C(=O)Nc2cc(OC3CCCC3)c(Cl)cc2F)CCCC1. The van der Waals surface area contributed by atoms with E-state index in [2.05, 4.69) is 5.32 Å². The highest BCUT2D eigenvalue weighted by atomic mass is 35.5. The van der Waals surface area contributed by atoms with Crippen molar-refractivity contribution in [1.29, 1.82) is 0 Å². The van der Waals surface area contributed by atoms with Crippen LogP contribution in [-0.4, -0.2) is 35.9 Å². The van der Waals surface area contributed by atoms with Crippen LogP contribution in [0.2, 0.25) is 5.02 Å². The van der Waals surface area contributed by atoms with Gasteiger partial charge in [-0.05, 0) is 70.8 Å². The molecule has 7 heteroatoms. The van der Waals surface area contributed by atoms with Crippen LogP contribution in [0, 0.1) is 5.82 Å². The lowest BCUT2D eigenvalue weighted by Crippen LogP contribution is -2.35. The van der Waals surface area contributed by atoms with Crippen LogP contribution in [-0.2, 0) is 9.59 Å². The molecule has 0 atom stereocenters. The first-order valence-corrected chi connectivity index (χ1v) is 11.8. The van der Waals surface area contributed by atoms with E-state index in [9.17, 15) is 14.0 Å². The van der Waals surface area contributed by atoms with Crippen LogP contribution < -0.4 is 10.1 Å². The van der Waals surface area contributed by atoms with E-state index < -0.39 is 11.7 Å². The summed E-state index contributed by atoms with van der Waals surface area (Å²) in [5.41, 5.74) is 1.03. The van der Waals surface area contributed by atoms with E-state index in [1.165, 1.54) is 12.1 Å². The maximum Gasteiger partial charge on any atom is 0.252 e. The van der Waals surface area contributed by atoms with Crippen molar-refractivity contribution in [3.8, 4) is 5.75 Å². The number of hydrogen-bond acceptors (Lipinski definition) is 3. The normalized spacial score (nSPS) is 17.0. The highest BCUT2D eigenvalue weighted by Crippen LogP contribution is 2.35. The van der Waals surface area contributed by atoms with Crippen LogP contribution in [0.3, 0.4) is 0 Å². The lowest BCUT2D eigenvalue weighted by Gasteiger charge is -2.26. The number of ether oxygens (including phenoxy) is 1. The number of amides is 2. The molecule has 3 rings (SSSR count). The summed E-state index contributed by atoms with van der Waals surface area (Å²) in [6, 6.07) is 2.62. The number of nitrogens with zero attached hydrogens (tertiary/aromatic N) is 1. The lowest BCUT2D eigenvalue weighted by molar-refractivity contribution is -0.127. The molecular formula is C24H32ClFN2O3. The van der Waals surface area contributed by atoms with Crippen LogP contribution in [0.15, 0.2) is 23.3 Å². The summed E-state index contributed by atoms with van der Waals surface area (Å²) in [7, 11) is 0. The molecule has 0 saturated heterocycles. The first-order valence-electron chi connectivity index (χ1n) is 11.4. The van der Waals surface area contributed by atoms with Gasteiger partial charge in [0.1, 0.15) is 11.6 Å². The molecule has 0 spiro atoms. The highest BCUT2D eigenvalue weighted by Gasteiger charge is 2.27. The first kappa shape index (κ1) is 23.6. The number of halogens is 2. The van der Waals surface area contributed by atoms with Crippen LogP contribution in [0.4, 0.5) is 10.1 Å². The standard InChI is InChI=1S/C24H32ClFN2O3/c1-3-13-28(4-2)24(30)18-12-8-7-11-17(18)23(29)27-21-15-22(19(25)14-20(21)26)31-16-9-5-6-10-16/h14-16H,3-13H2,1-2H3,(H,27,29). The third-order valence-corrected chi connectivity index (χ3v) is 6.32. The molecule has 1 aromatic carbocycles. The molecule has 1 saturated carbocycles. The minimum Gasteiger partial charge on any atom is -0.489 e. The molecule has 0 heterocycles. The molecule has 2 aliphatic rings. The van der Waals surface area contributed by atoms with Gasteiger partial charge in [-0.3, -0.25) is 9.59 Å². The summed E-state index contributed by atoms with van der Waals surface area (Å²) in [6.07, 6.45) is 7.80. The predicted molar refractivity (Wildman–Crippen MR) is 121 cm³/mol. The number of carbonyl (C=O) groups is 2. The van der Waals surface area contributed by atoms with E-state index in [0.717, 1.165) is 44.9 Å². The van der Waals surface area contributed by atoms with E-state index >= 15 is 0 Å². The molecule has 31 heavy (non-hydrogen) atoms. The van der Waals surface area contributed by atoms with Crippen molar-refractivity contribution in [2.24, 2.45) is 0 Å². The molecule has 1 fully saturated rings. The van der Waals surface area contributed by atoms with Crippen LogP contribution >= 0.6 is 11.6 Å². The minimum absolute atomic E-state index is 0.0215. The van der Waals surface area contributed by atoms with Gasteiger partial charge in [0, 0.05) is 30.3 Å². The molecule has 0 aromatic heterocycles. The minimum atomic E-state index is -0.623. The van der Waals surface area contributed by atoms with Gasteiger partial charge in [0.05, 0.1) is 16.8 Å². The monoisotopic (exact) mass is 450 g/mol. The lowest BCUT2D eigenvalue weighted by atomic mass is 9.90. The van der Waals surface area contributed by atoms with Gasteiger partial charge in [-0.1, -0.05) is 18.5 Å². The highest BCUT2D eigenvalue weighted by molar-refractivity contribution is 6.32. The molecule has 2 aliphatic carbocycles. The molecule has 0 radical (unpaired) electrons. The molecule has 1 aromatic rings. The van der Waals surface area contributed by atoms with Gasteiger partial charge in [0.15, 0.2) is 0 Å².